The van der Waals surface area contributed by atoms with Crippen LogP contribution in [0.1, 0.15) is 12.5 Å². The zero-order valence-corrected chi connectivity index (χ0v) is 13.8. The van der Waals surface area contributed by atoms with Gasteiger partial charge in [-0.3, -0.25) is 4.79 Å². The molecule has 0 aliphatic carbocycles. The van der Waals surface area contributed by atoms with Crippen LogP contribution in [0.15, 0.2) is 18.2 Å². The Balaban J connectivity index is 2.10. The quantitative estimate of drug-likeness (QED) is 0.865. The van der Waals surface area contributed by atoms with Crippen LogP contribution in [0.25, 0.3) is 0 Å². The lowest BCUT2D eigenvalue weighted by Gasteiger charge is -2.19. The second kappa shape index (κ2) is 7.20. The number of aliphatic carboxylic acids is 1. The number of urea groups is 1. The van der Waals surface area contributed by atoms with Crippen LogP contribution in [0.5, 0.6) is 5.75 Å². The van der Waals surface area contributed by atoms with Crippen LogP contribution in [-0.4, -0.2) is 47.9 Å². The van der Waals surface area contributed by atoms with E-state index in [1.165, 1.54) is 0 Å². The fourth-order valence-electron chi connectivity index (χ4n) is 2.78. The lowest BCUT2D eigenvalue weighted by molar-refractivity contribution is -0.187. The van der Waals surface area contributed by atoms with Crippen LogP contribution >= 0.6 is 0 Å². The van der Waals surface area contributed by atoms with Gasteiger partial charge in [0.15, 0.2) is 0 Å². The number of hydrogen-bond donors (Lipinski definition) is 2. The second-order valence-electron chi connectivity index (χ2n) is 5.84. The summed E-state index contributed by atoms with van der Waals surface area (Å²) in [5, 5.41) is 11.5. The molecule has 1 aromatic carbocycles. The first-order valence-electron chi connectivity index (χ1n) is 7.72. The minimum atomic E-state index is -4.67. The number of rotatable bonds is 4. The largest absolute Gasteiger partial charge is 0.494 e. The third kappa shape index (κ3) is 4.34. The lowest BCUT2D eigenvalue weighted by atomic mass is 9.96. The summed E-state index contributed by atoms with van der Waals surface area (Å²) in [6.45, 7) is 2.87. The highest BCUT2D eigenvalue weighted by atomic mass is 19.4. The Morgan fingerprint density at radius 1 is 1.36 bits per heavy atom. The number of ether oxygens (including phenoxy) is 1. The van der Waals surface area contributed by atoms with E-state index in [9.17, 15) is 22.8 Å². The summed E-state index contributed by atoms with van der Waals surface area (Å²) < 4.78 is 44.3. The normalized spacial score (nSPS) is 20.4. The molecule has 0 aromatic heterocycles. The summed E-state index contributed by atoms with van der Waals surface area (Å²) in [7, 11) is 0. The maximum atomic E-state index is 13.0. The van der Waals surface area contributed by atoms with E-state index in [0.29, 0.717) is 23.6 Å². The topological polar surface area (TPSA) is 78.9 Å². The highest BCUT2D eigenvalue weighted by Gasteiger charge is 2.53. The first-order chi connectivity index (χ1) is 11.6. The third-order valence-corrected chi connectivity index (χ3v) is 4.10. The summed E-state index contributed by atoms with van der Waals surface area (Å²) >= 11 is 0. The molecule has 0 unspecified atom stereocenters. The molecule has 25 heavy (non-hydrogen) atoms. The number of alkyl halides is 3. The monoisotopic (exact) mass is 360 g/mol. The fraction of sp³-hybridized carbons (Fsp3) is 0.500. The van der Waals surface area contributed by atoms with Crippen LogP contribution < -0.4 is 10.1 Å². The van der Waals surface area contributed by atoms with Gasteiger partial charge in [-0.05, 0) is 37.6 Å². The molecule has 0 saturated carbocycles. The Labute approximate surface area is 142 Å². The number of nitrogens with zero attached hydrogens (tertiary/aromatic N) is 1. The molecule has 2 N–H and O–H groups in total. The Hall–Kier alpha value is -2.45. The van der Waals surface area contributed by atoms with E-state index in [4.69, 9.17) is 9.84 Å². The van der Waals surface area contributed by atoms with E-state index in [0.717, 1.165) is 4.90 Å². The van der Waals surface area contributed by atoms with Gasteiger partial charge in [-0.25, -0.2) is 4.79 Å². The van der Waals surface area contributed by atoms with Crippen LogP contribution in [0.2, 0.25) is 0 Å². The maximum absolute atomic E-state index is 13.0. The molecular formula is C16H19F3N2O4. The lowest BCUT2D eigenvalue weighted by Crippen LogP contribution is -2.35. The van der Waals surface area contributed by atoms with E-state index in [2.05, 4.69) is 5.32 Å². The molecule has 1 aliphatic heterocycles. The molecule has 9 heteroatoms. The fourth-order valence-corrected chi connectivity index (χ4v) is 2.78. The number of benzene rings is 1. The highest BCUT2D eigenvalue weighted by Crippen LogP contribution is 2.38. The van der Waals surface area contributed by atoms with E-state index in [1.54, 1.807) is 25.1 Å². The number of carbonyl (C=O) groups is 2. The summed E-state index contributed by atoms with van der Waals surface area (Å²) in [6, 6.07) is 4.16. The van der Waals surface area contributed by atoms with Gasteiger partial charge in [0.25, 0.3) is 0 Å². The van der Waals surface area contributed by atoms with Crippen molar-refractivity contribution in [1.29, 1.82) is 0 Å². The van der Waals surface area contributed by atoms with E-state index in [-0.39, 0.29) is 0 Å². The van der Waals surface area contributed by atoms with Crippen molar-refractivity contribution in [2.75, 3.05) is 25.0 Å². The van der Waals surface area contributed by atoms with Crippen LogP contribution in [0.3, 0.4) is 0 Å². The van der Waals surface area contributed by atoms with Crippen molar-refractivity contribution in [3.05, 3.63) is 23.8 Å². The number of nitrogens with one attached hydrogen (secondary N) is 1. The van der Waals surface area contributed by atoms with Gasteiger partial charge in [0.05, 0.1) is 18.4 Å². The molecule has 0 bridgehead atoms. The number of carboxylic acid groups (broad SMARTS) is 1. The summed E-state index contributed by atoms with van der Waals surface area (Å²) in [5.41, 5.74) is 1.11. The highest BCUT2D eigenvalue weighted by molar-refractivity contribution is 5.91. The number of halogens is 3. The standard InChI is InChI=1S/C16H19F3N2O4/c1-3-25-10-4-5-13(9(2)6-10)20-15(24)21-7-11(14(22)23)12(8-21)16(17,18)19/h4-6,11-12H,3,7-8H2,1-2H3,(H,20,24)(H,22,23)/t11-,12-/m1/s1. The van der Waals surface area contributed by atoms with Crippen LogP contribution in [0, 0.1) is 18.8 Å². The van der Waals surface area contributed by atoms with Gasteiger partial charge in [-0.1, -0.05) is 0 Å². The number of amides is 2. The smallest absolute Gasteiger partial charge is 0.394 e. The number of aryl methyl sites for hydroxylation is 1. The Kier molecular flexibility index (Phi) is 5.44. The SMILES string of the molecule is CCOc1ccc(NC(=O)N2C[C@@H](C(F)(F)F)[C@H](C(=O)O)C2)c(C)c1. The van der Waals surface area contributed by atoms with Crippen molar-refractivity contribution in [3.63, 3.8) is 0 Å². The van der Waals surface area contributed by atoms with Crippen molar-refractivity contribution < 1.29 is 32.6 Å². The third-order valence-electron chi connectivity index (χ3n) is 4.10. The van der Waals surface area contributed by atoms with Gasteiger partial charge in [0, 0.05) is 18.8 Å². The van der Waals surface area contributed by atoms with Crippen molar-refractivity contribution in [2.24, 2.45) is 11.8 Å². The number of carbonyl (C=O) groups excluding carboxylic acids is 1. The zero-order valence-electron chi connectivity index (χ0n) is 13.8. The molecule has 2 rings (SSSR count). The van der Waals surface area contributed by atoms with Crippen molar-refractivity contribution >= 4 is 17.7 Å². The minimum Gasteiger partial charge on any atom is -0.494 e. The molecule has 138 valence electrons. The number of likely N-dealkylation sites (tertiary alicyclic amines) is 1. The predicted octanol–water partition coefficient (Wildman–Crippen LogP) is 3.12. The average molecular weight is 360 g/mol. The minimum absolute atomic E-state index is 0.427. The molecule has 1 heterocycles. The average Bonchev–Trinajstić information content (AvgIpc) is 2.96. The van der Waals surface area contributed by atoms with Crippen LogP contribution in [-0.2, 0) is 4.79 Å². The molecule has 2 atom stereocenters. The second-order valence-corrected chi connectivity index (χ2v) is 5.84. The number of carboxylic acids is 1. The first kappa shape index (κ1) is 18.9. The van der Waals surface area contributed by atoms with E-state index < -0.39 is 43.1 Å². The molecule has 1 saturated heterocycles. The Morgan fingerprint density at radius 2 is 2.04 bits per heavy atom. The summed E-state index contributed by atoms with van der Waals surface area (Å²) in [5.74, 6) is -4.68. The maximum Gasteiger partial charge on any atom is 0.394 e. The van der Waals surface area contributed by atoms with Gasteiger partial charge >= 0.3 is 18.2 Å². The summed E-state index contributed by atoms with van der Waals surface area (Å²) in [4.78, 5) is 24.2. The van der Waals surface area contributed by atoms with E-state index >= 15 is 0 Å². The molecule has 1 fully saturated rings. The zero-order chi connectivity index (χ0) is 18.8. The predicted molar refractivity (Wildman–Crippen MR) is 83.6 cm³/mol. The van der Waals surface area contributed by atoms with Gasteiger partial charge in [-0.15, -0.1) is 0 Å². The summed E-state index contributed by atoms with van der Waals surface area (Å²) in [6.07, 6.45) is -4.67. The van der Waals surface area contributed by atoms with Gasteiger partial charge in [0.1, 0.15) is 5.75 Å². The van der Waals surface area contributed by atoms with Gasteiger partial charge in [0.2, 0.25) is 0 Å². The number of hydrogen-bond acceptors (Lipinski definition) is 3. The molecule has 0 radical (unpaired) electrons. The molecule has 6 nitrogen and oxygen atoms in total. The molecule has 1 aromatic rings. The Morgan fingerprint density at radius 3 is 2.52 bits per heavy atom. The molecule has 2 amide bonds. The van der Waals surface area contributed by atoms with Crippen molar-refractivity contribution in [2.45, 2.75) is 20.0 Å². The first-order valence-corrected chi connectivity index (χ1v) is 7.72. The Bertz CT molecular complexity index is 663. The van der Waals surface area contributed by atoms with Crippen molar-refractivity contribution in [3.8, 4) is 5.75 Å². The van der Waals surface area contributed by atoms with Crippen molar-refractivity contribution in [1.82, 2.24) is 4.90 Å². The molecule has 0 spiro atoms. The van der Waals surface area contributed by atoms with Gasteiger partial charge in [-0.2, -0.15) is 13.2 Å². The molecule has 1 aliphatic rings. The molecular weight excluding hydrogens is 341 g/mol. The van der Waals surface area contributed by atoms with Gasteiger partial charge < -0.3 is 20.1 Å². The number of anilines is 1. The van der Waals surface area contributed by atoms with Crippen LogP contribution in [0.4, 0.5) is 23.7 Å². The van der Waals surface area contributed by atoms with E-state index in [1.807, 2.05) is 6.92 Å².